The van der Waals surface area contributed by atoms with Crippen LogP contribution < -0.4 is 10.6 Å². The van der Waals surface area contributed by atoms with Gasteiger partial charge in [0.25, 0.3) is 5.91 Å². The molecule has 3 atom stereocenters. The van der Waals surface area contributed by atoms with Crippen molar-refractivity contribution >= 4 is 45.0 Å². The van der Waals surface area contributed by atoms with Crippen molar-refractivity contribution < 1.29 is 14.7 Å². The van der Waals surface area contributed by atoms with Gasteiger partial charge in [0, 0.05) is 17.6 Å². The summed E-state index contributed by atoms with van der Waals surface area (Å²) < 4.78 is 0.651. The number of anilines is 1. The first kappa shape index (κ1) is 18.8. The third-order valence-electron chi connectivity index (χ3n) is 4.52. The lowest BCUT2D eigenvalue weighted by Crippen LogP contribution is -2.39. The van der Waals surface area contributed by atoms with Gasteiger partial charge in [-0.1, -0.05) is 6.92 Å². The topological polar surface area (TPSA) is 104 Å². The van der Waals surface area contributed by atoms with E-state index in [9.17, 15) is 9.59 Å². The maximum absolute atomic E-state index is 12.4. The largest absolute Gasteiger partial charge is 0.465 e. The van der Waals surface area contributed by atoms with E-state index < -0.39 is 6.09 Å². The van der Waals surface area contributed by atoms with E-state index in [1.807, 2.05) is 6.07 Å². The molecule has 1 fully saturated rings. The molecule has 0 saturated heterocycles. The van der Waals surface area contributed by atoms with Crippen LogP contribution in [0.15, 0.2) is 27.8 Å². The molecule has 0 aromatic carbocycles. The molecule has 2 heterocycles. The number of rotatable bonds is 4. The van der Waals surface area contributed by atoms with Gasteiger partial charge in [-0.05, 0) is 58.7 Å². The second-order valence-electron chi connectivity index (χ2n) is 6.56. The normalized spacial score (nSPS) is 22.6. The van der Waals surface area contributed by atoms with E-state index in [0.29, 0.717) is 27.6 Å². The summed E-state index contributed by atoms with van der Waals surface area (Å²) in [6.45, 7) is 2.12. The average Bonchev–Trinajstić information content (AvgIpc) is 3.01. The average molecular weight is 439 g/mol. The first-order valence-corrected chi connectivity index (χ1v) is 9.95. The highest BCUT2D eigenvalue weighted by molar-refractivity contribution is 9.11. The van der Waals surface area contributed by atoms with E-state index in [1.54, 1.807) is 17.8 Å². The van der Waals surface area contributed by atoms with E-state index in [-0.39, 0.29) is 17.9 Å². The van der Waals surface area contributed by atoms with Crippen molar-refractivity contribution in [3.63, 3.8) is 0 Å². The zero-order valence-electron chi connectivity index (χ0n) is 14.1. The fourth-order valence-electron chi connectivity index (χ4n) is 3.56. The van der Waals surface area contributed by atoms with Gasteiger partial charge in [-0.25, -0.2) is 9.78 Å². The first-order valence-electron chi connectivity index (χ1n) is 8.28. The molecule has 9 heteroatoms. The minimum absolute atomic E-state index is 0.0903. The van der Waals surface area contributed by atoms with Crippen molar-refractivity contribution in [3.8, 4) is 0 Å². The zero-order chi connectivity index (χ0) is 18.7. The van der Waals surface area contributed by atoms with Crippen LogP contribution in [0.1, 0.15) is 48.2 Å². The minimum Gasteiger partial charge on any atom is -0.465 e. The van der Waals surface area contributed by atoms with Gasteiger partial charge in [-0.2, -0.15) is 0 Å². The fourth-order valence-corrected chi connectivity index (χ4v) is 4.55. The van der Waals surface area contributed by atoms with Gasteiger partial charge in [0.15, 0.2) is 3.92 Å². The Hall–Kier alpha value is -2.00. The molecule has 0 unspecified atom stereocenters. The Bertz CT molecular complexity index is 813. The number of halogens is 1. The molecule has 2 aromatic rings. The van der Waals surface area contributed by atoms with Crippen LogP contribution in [0.25, 0.3) is 0 Å². The molecule has 2 aromatic heterocycles. The Labute approximate surface area is 163 Å². The third-order valence-corrected chi connectivity index (χ3v) is 5.89. The number of carbonyl (C=O) groups excluding carboxylic acids is 1. The van der Waals surface area contributed by atoms with E-state index in [0.717, 1.165) is 18.4 Å². The monoisotopic (exact) mass is 438 g/mol. The summed E-state index contributed by atoms with van der Waals surface area (Å²) in [5, 5.41) is 16.2. The van der Waals surface area contributed by atoms with E-state index in [1.165, 1.54) is 11.3 Å². The standard InChI is InChI=1S/C17H19BrN4O3S/c1-9-4-10(6-11(5-9)20-17(24)25)12-2-3-19-7-13(12)21-15(23)14-8-26-16(18)22-14/h2-3,7-11,20H,4-6H2,1H3,(H,21,23)(H,24,25)/t9-,10+,11+/m1/s1. The molecule has 1 aliphatic rings. The molecule has 0 bridgehead atoms. The van der Waals surface area contributed by atoms with Gasteiger partial charge in [-0.15, -0.1) is 11.3 Å². The molecule has 0 spiro atoms. The SMILES string of the molecule is C[C@H]1C[C@H](NC(=O)O)C[C@@H](c2ccncc2NC(=O)c2csc(Br)n2)C1. The molecule has 1 saturated carbocycles. The smallest absolute Gasteiger partial charge is 0.404 e. The first-order chi connectivity index (χ1) is 12.4. The van der Waals surface area contributed by atoms with Crippen LogP contribution >= 0.6 is 27.3 Å². The highest BCUT2D eigenvalue weighted by Crippen LogP contribution is 2.39. The van der Waals surface area contributed by atoms with Crippen molar-refractivity contribution in [2.45, 2.75) is 38.1 Å². The van der Waals surface area contributed by atoms with Crippen LogP contribution in [0.4, 0.5) is 10.5 Å². The number of thiazole rings is 1. The zero-order valence-corrected chi connectivity index (χ0v) is 16.5. The number of carbonyl (C=O) groups is 2. The van der Waals surface area contributed by atoms with E-state index in [4.69, 9.17) is 5.11 Å². The van der Waals surface area contributed by atoms with Gasteiger partial charge in [0.2, 0.25) is 0 Å². The minimum atomic E-state index is -1.000. The molecule has 0 aliphatic heterocycles. The lowest BCUT2D eigenvalue weighted by Gasteiger charge is -2.34. The molecular formula is C17H19BrN4O3S. The maximum atomic E-state index is 12.4. The third kappa shape index (κ3) is 4.59. The number of aromatic nitrogens is 2. The predicted molar refractivity (Wildman–Crippen MR) is 103 cm³/mol. The summed E-state index contributed by atoms with van der Waals surface area (Å²) in [6.07, 6.45) is 4.79. The second-order valence-corrected chi connectivity index (χ2v) is 8.69. The quantitative estimate of drug-likeness (QED) is 0.666. The molecule has 1 aliphatic carbocycles. The lowest BCUT2D eigenvalue weighted by molar-refractivity contribution is 0.102. The van der Waals surface area contributed by atoms with Crippen LogP contribution in [0.3, 0.4) is 0 Å². The van der Waals surface area contributed by atoms with Crippen molar-refractivity contribution in [1.82, 2.24) is 15.3 Å². The summed E-state index contributed by atoms with van der Waals surface area (Å²) in [6, 6.07) is 1.81. The summed E-state index contributed by atoms with van der Waals surface area (Å²) in [5.74, 6) is 0.248. The van der Waals surface area contributed by atoms with Crippen LogP contribution in [0.5, 0.6) is 0 Å². The van der Waals surface area contributed by atoms with Crippen molar-refractivity contribution in [2.24, 2.45) is 5.92 Å². The number of carboxylic acid groups (broad SMARTS) is 1. The molecule has 2 amide bonds. The van der Waals surface area contributed by atoms with Crippen LogP contribution in [-0.4, -0.2) is 33.1 Å². The van der Waals surface area contributed by atoms with Crippen molar-refractivity contribution in [3.05, 3.63) is 39.0 Å². The van der Waals surface area contributed by atoms with E-state index in [2.05, 4.69) is 43.5 Å². The van der Waals surface area contributed by atoms with Crippen LogP contribution in [0.2, 0.25) is 0 Å². The van der Waals surface area contributed by atoms with Gasteiger partial charge in [-0.3, -0.25) is 9.78 Å². The fraction of sp³-hybridized carbons (Fsp3) is 0.412. The number of nitrogens with zero attached hydrogens (tertiary/aromatic N) is 2. The Kier molecular flexibility index (Phi) is 5.87. The van der Waals surface area contributed by atoms with Crippen molar-refractivity contribution in [2.75, 3.05) is 5.32 Å². The summed E-state index contributed by atoms with van der Waals surface area (Å²) in [7, 11) is 0. The molecular weight excluding hydrogens is 420 g/mol. The lowest BCUT2D eigenvalue weighted by atomic mass is 9.76. The molecule has 0 radical (unpaired) electrons. The predicted octanol–water partition coefficient (Wildman–Crippen LogP) is 4.09. The van der Waals surface area contributed by atoms with E-state index >= 15 is 0 Å². The summed E-state index contributed by atoms with van der Waals surface area (Å²) in [5.41, 5.74) is 1.97. The van der Waals surface area contributed by atoms with Gasteiger partial charge in [0.05, 0.1) is 11.9 Å². The summed E-state index contributed by atoms with van der Waals surface area (Å²) in [4.78, 5) is 31.7. The van der Waals surface area contributed by atoms with Crippen LogP contribution in [0, 0.1) is 5.92 Å². The Morgan fingerprint density at radius 1 is 1.35 bits per heavy atom. The molecule has 3 rings (SSSR count). The number of hydrogen-bond donors (Lipinski definition) is 3. The number of amides is 2. The highest BCUT2D eigenvalue weighted by atomic mass is 79.9. The summed E-state index contributed by atoms with van der Waals surface area (Å²) >= 11 is 4.60. The molecule has 7 nitrogen and oxygen atoms in total. The highest BCUT2D eigenvalue weighted by Gasteiger charge is 2.30. The van der Waals surface area contributed by atoms with Crippen molar-refractivity contribution in [1.29, 1.82) is 0 Å². The number of pyridine rings is 1. The molecule has 26 heavy (non-hydrogen) atoms. The van der Waals surface area contributed by atoms with Gasteiger partial charge >= 0.3 is 6.09 Å². The second kappa shape index (κ2) is 8.13. The Morgan fingerprint density at radius 2 is 2.15 bits per heavy atom. The molecule has 138 valence electrons. The Morgan fingerprint density at radius 3 is 2.85 bits per heavy atom. The van der Waals surface area contributed by atoms with Gasteiger partial charge in [0.1, 0.15) is 5.69 Å². The number of hydrogen-bond acceptors (Lipinski definition) is 5. The molecule has 3 N–H and O–H groups in total. The van der Waals surface area contributed by atoms with Crippen LogP contribution in [-0.2, 0) is 0 Å². The van der Waals surface area contributed by atoms with Gasteiger partial charge < -0.3 is 15.7 Å². The Balaban J connectivity index is 1.79. The maximum Gasteiger partial charge on any atom is 0.404 e. The number of nitrogens with one attached hydrogen (secondary N) is 2.